The number of methoxy groups -OCH3 is 4. The van der Waals surface area contributed by atoms with Gasteiger partial charge in [-0.05, 0) is 19.1 Å². The van der Waals surface area contributed by atoms with Gasteiger partial charge in [-0.15, -0.1) is 0 Å². The third-order valence-corrected chi connectivity index (χ3v) is 5.49. The second-order valence-electron chi connectivity index (χ2n) is 7.68. The van der Waals surface area contributed by atoms with E-state index in [1.54, 1.807) is 47.4 Å². The molecule has 10 nitrogen and oxygen atoms in total. The first-order valence-corrected chi connectivity index (χ1v) is 10.5. The summed E-state index contributed by atoms with van der Waals surface area (Å²) in [6.07, 6.45) is 0. The second-order valence-corrected chi connectivity index (χ2v) is 7.68. The zero-order valence-electron chi connectivity index (χ0n) is 20.3. The van der Waals surface area contributed by atoms with Gasteiger partial charge in [-0.25, -0.2) is 0 Å². The molecule has 0 aliphatic heterocycles. The lowest BCUT2D eigenvalue weighted by atomic mass is 9.88. The van der Waals surface area contributed by atoms with Gasteiger partial charge in [-0.3, -0.25) is 19.3 Å². The van der Waals surface area contributed by atoms with Gasteiger partial charge in [0.15, 0.2) is 0 Å². The van der Waals surface area contributed by atoms with E-state index in [9.17, 15) is 14.4 Å². The van der Waals surface area contributed by atoms with Crippen LogP contribution in [-0.4, -0.2) is 102 Å². The molecule has 0 bridgehead atoms. The van der Waals surface area contributed by atoms with Gasteiger partial charge in [0.05, 0.1) is 44.6 Å². The van der Waals surface area contributed by atoms with Crippen LogP contribution in [0.4, 0.5) is 0 Å². The summed E-state index contributed by atoms with van der Waals surface area (Å²) in [4.78, 5) is 43.6. The Morgan fingerprint density at radius 2 is 1.39 bits per heavy atom. The van der Waals surface area contributed by atoms with Gasteiger partial charge >= 0.3 is 0 Å². The van der Waals surface area contributed by atoms with E-state index in [1.165, 1.54) is 19.1 Å². The van der Waals surface area contributed by atoms with Gasteiger partial charge in [0.2, 0.25) is 17.5 Å². The third-order valence-electron chi connectivity index (χ3n) is 5.49. The Hall–Kier alpha value is -2.95. The van der Waals surface area contributed by atoms with Crippen molar-refractivity contribution in [2.75, 3.05) is 68.8 Å². The Balaban J connectivity index is 2.48. The molecular formula is C23H33N3O7. The number of Topliss-reactive ketones (excluding diaryl/α,β-unsaturated/α-hetero) is 2. The molecule has 1 aromatic carbocycles. The minimum Gasteiger partial charge on any atom is -0.496 e. The van der Waals surface area contributed by atoms with E-state index < -0.39 is 23.5 Å². The molecule has 1 atom stereocenters. The maximum atomic E-state index is 13.6. The topological polar surface area (TPSA) is 107 Å². The Morgan fingerprint density at radius 3 is 1.82 bits per heavy atom. The van der Waals surface area contributed by atoms with Crippen molar-refractivity contribution >= 4 is 17.5 Å². The SMILES string of the molecule is COCCN(CCOC)C(C)C(=O)NC1=C(N(C)C)C(=O)c2c(OC)ccc(OC)c2C1=O. The van der Waals surface area contributed by atoms with Crippen LogP contribution in [0.1, 0.15) is 27.6 Å². The summed E-state index contributed by atoms with van der Waals surface area (Å²) < 4.78 is 21.0. The molecule has 0 radical (unpaired) electrons. The summed E-state index contributed by atoms with van der Waals surface area (Å²) >= 11 is 0. The summed E-state index contributed by atoms with van der Waals surface area (Å²) in [6.45, 7) is 3.57. The number of nitrogens with one attached hydrogen (secondary N) is 1. The van der Waals surface area contributed by atoms with Crippen LogP contribution in [0.2, 0.25) is 0 Å². The molecule has 33 heavy (non-hydrogen) atoms. The van der Waals surface area contributed by atoms with Gasteiger partial charge in [0, 0.05) is 41.4 Å². The summed E-state index contributed by atoms with van der Waals surface area (Å²) in [5.74, 6) is -0.909. The normalized spacial score (nSPS) is 14.3. The first-order chi connectivity index (χ1) is 15.7. The van der Waals surface area contributed by atoms with Crippen LogP contribution in [0.5, 0.6) is 11.5 Å². The van der Waals surface area contributed by atoms with Crippen molar-refractivity contribution in [2.45, 2.75) is 13.0 Å². The van der Waals surface area contributed by atoms with Crippen molar-refractivity contribution in [1.82, 2.24) is 15.1 Å². The fourth-order valence-corrected chi connectivity index (χ4v) is 3.67. The number of ketones is 2. The summed E-state index contributed by atoms with van der Waals surface area (Å²) in [7, 11) is 9.27. The van der Waals surface area contributed by atoms with Gasteiger partial charge in [-0.1, -0.05) is 0 Å². The van der Waals surface area contributed by atoms with Crippen molar-refractivity contribution in [1.29, 1.82) is 0 Å². The van der Waals surface area contributed by atoms with E-state index in [1.807, 2.05) is 4.90 Å². The number of carbonyl (C=O) groups is 3. The molecule has 0 spiro atoms. The quantitative estimate of drug-likeness (QED) is 0.485. The summed E-state index contributed by atoms with van der Waals surface area (Å²) in [6, 6.07) is 2.52. The molecule has 0 fully saturated rings. The van der Waals surface area contributed by atoms with Crippen molar-refractivity contribution in [3.8, 4) is 11.5 Å². The number of likely N-dealkylation sites (N-methyl/N-ethyl adjacent to an activating group) is 1. The largest absolute Gasteiger partial charge is 0.496 e. The highest BCUT2D eigenvalue weighted by molar-refractivity contribution is 6.29. The molecule has 10 heteroatoms. The molecular weight excluding hydrogens is 430 g/mol. The van der Waals surface area contributed by atoms with Crippen LogP contribution in [0, 0.1) is 0 Å². The molecule has 2 rings (SSSR count). The fourth-order valence-electron chi connectivity index (χ4n) is 3.67. The summed E-state index contributed by atoms with van der Waals surface area (Å²) in [5.41, 5.74) is 0.142. The minimum absolute atomic E-state index is 0.0611. The zero-order chi connectivity index (χ0) is 24.7. The van der Waals surface area contributed by atoms with Gasteiger partial charge in [0.1, 0.15) is 22.9 Å². The van der Waals surface area contributed by atoms with Crippen LogP contribution in [-0.2, 0) is 14.3 Å². The van der Waals surface area contributed by atoms with E-state index in [-0.39, 0.29) is 34.0 Å². The molecule has 1 unspecified atom stereocenters. The standard InChI is InChI=1S/C23H33N3O7/c1-14(26(10-12-30-4)11-13-31-5)23(29)24-19-20(25(2)3)22(28)18-16(33-7)9-8-15(32-6)17(18)21(19)27/h8-9,14H,10-13H2,1-7H3,(H,24,29). The first kappa shape index (κ1) is 26.3. The van der Waals surface area contributed by atoms with Gasteiger partial charge < -0.3 is 29.2 Å². The lowest BCUT2D eigenvalue weighted by Gasteiger charge is -2.30. The number of nitrogens with zero attached hydrogens (tertiary/aromatic N) is 2. The molecule has 1 aliphatic carbocycles. The number of allylic oxidation sites excluding steroid dienone is 2. The van der Waals surface area contributed by atoms with Gasteiger partial charge in [-0.2, -0.15) is 0 Å². The van der Waals surface area contributed by atoms with Gasteiger partial charge in [0.25, 0.3) is 0 Å². The average molecular weight is 464 g/mol. The van der Waals surface area contributed by atoms with Crippen LogP contribution in [0.15, 0.2) is 23.5 Å². The lowest BCUT2D eigenvalue weighted by molar-refractivity contribution is -0.125. The minimum atomic E-state index is -0.609. The fraction of sp³-hybridized carbons (Fsp3) is 0.522. The highest BCUT2D eigenvalue weighted by Crippen LogP contribution is 2.38. The van der Waals surface area contributed by atoms with Crippen molar-refractivity contribution < 1.29 is 33.3 Å². The predicted octanol–water partition coefficient (Wildman–Crippen LogP) is 0.956. The Morgan fingerprint density at radius 1 is 0.909 bits per heavy atom. The van der Waals surface area contributed by atoms with Crippen LogP contribution in [0.25, 0.3) is 0 Å². The number of ether oxygens (including phenoxy) is 4. The van der Waals surface area contributed by atoms with Crippen molar-refractivity contribution in [3.05, 3.63) is 34.7 Å². The molecule has 182 valence electrons. The third kappa shape index (κ3) is 5.52. The maximum Gasteiger partial charge on any atom is 0.241 e. The van der Waals surface area contributed by atoms with E-state index in [2.05, 4.69) is 5.32 Å². The van der Waals surface area contributed by atoms with Crippen molar-refractivity contribution in [3.63, 3.8) is 0 Å². The van der Waals surface area contributed by atoms with Crippen LogP contribution < -0.4 is 14.8 Å². The summed E-state index contributed by atoms with van der Waals surface area (Å²) in [5, 5.41) is 2.70. The second kappa shape index (κ2) is 11.8. The van der Waals surface area contributed by atoms with Crippen LogP contribution >= 0.6 is 0 Å². The van der Waals surface area contributed by atoms with E-state index in [0.29, 0.717) is 26.3 Å². The molecule has 1 amide bonds. The monoisotopic (exact) mass is 463 g/mol. The molecule has 0 heterocycles. The number of carbonyl (C=O) groups excluding carboxylic acids is 3. The molecule has 1 N–H and O–H groups in total. The number of benzene rings is 1. The molecule has 0 aromatic heterocycles. The molecule has 1 aliphatic rings. The first-order valence-electron chi connectivity index (χ1n) is 10.5. The number of hydrogen-bond donors (Lipinski definition) is 1. The number of fused-ring (bicyclic) bond motifs is 1. The number of amides is 1. The molecule has 1 aromatic rings. The lowest BCUT2D eigenvalue weighted by Crippen LogP contribution is -2.49. The van der Waals surface area contributed by atoms with E-state index >= 15 is 0 Å². The predicted molar refractivity (Wildman–Crippen MR) is 122 cm³/mol. The molecule has 0 saturated carbocycles. The maximum absolute atomic E-state index is 13.6. The van der Waals surface area contributed by atoms with E-state index in [4.69, 9.17) is 18.9 Å². The van der Waals surface area contributed by atoms with Crippen LogP contribution in [0.3, 0.4) is 0 Å². The highest BCUT2D eigenvalue weighted by atomic mass is 16.5. The zero-order valence-corrected chi connectivity index (χ0v) is 20.3. The average Bonchev–Trinajstić information content (AvgIpc) is 2.80. The molecule has 0 saturated heterocycles. The number of hydrogen-bond acceptors (Lipinski definition) is 9. The Bertz CT molecular complexity index is 919. The van der Waals surface area contributed by atoms with E-state index in [0.717, 1.165) is 0 Å². The highest BCUT2D eigenvalue weighted by Gasteiger charge is 2.39. The van der Waals surface area contributed by atoms with Crippen molar-refractivity contribution in [2.24, 2.45) is 0 Å². The number of rotatable bonds is 12. The smallest absolute Gasteiger partial charge is 0.241 e. The Kier molecular flexibility index (Phi) is 9.39. The Labute approximate surface area is 194 Å².